The Morgan fingerprint density at radius 1 is 0.443 bits per heavy atom. The summed E-state index contributed by atoms with van der Waals surface area (Å²) in [5.41, 5.74) is 11.2. The maximum Gasteiger partial charge on any atom is 0.264 e. The third-order valence-corrected chi connectivity index (χ3v) is 25.3. The molecule has 2 N–H and O–H groups in total. The van der Waals surface area contributed by atoms with Crippen LogP contribution in [-0.4, -0.2) is 128 Å². The molecule has 1 unspecified atom stereocenters. The molecule has 0 bridgehead atoms. The van der Waals surface area contributed by atoms with E-state index in [2.05, 4.69) is 232 Å². The van der Waals surface area contributed by atoms with Gasteiger partial charge in [0.1, 0.15) is 13.1 Å². The van der Waals surface area contributed by atoms with Crippen molar-refractivity contribution in [3.05, 3.63) is 252 Å². The molecule has 8 aromatic carbocycles. The quantitative estimate of drug-likeness (QED) is 0.0184. The number of allylic oxidation sites excluding steroid dienone is 13. The van der Waals surface area contributed by atoms with Crippen LogP contribution in [-0.2, 0) is 62.1 Å². The summed E-state index contributed by atoms with van der Waals surface area (Å²) >= 11 is 0. The number of fused-ring (bicyclic) bond motifs is 12. The number of hydrogen-bond donors (Lipinski definition) is 2. The van der Waals surface area contributed by atoms with Crippen LogP contribution in [0.15, 0.2) is 229 Å². The summed E-state index contributed by atoms with van der Waals surface area (Å²) in [4.78, 5) is 4.66. The zero-order valence-corrected chi connectivity index (χ0v) is 65.0. The molecule has 20 heteroatoms. The van der Waals surface area contributed by atoms with Crippen LogP contribution in [0.2, 0.25) is 0 Å². The summed E-state index contributed by atoms with van der Waals surface area (Å²) in [6.07, 6.45) is 26.6. The van der Waals surface area contributed by atoms with Gasteiger partial charge >= 0.3 is 0 Å². The number of anilines is 2. The van der Waals surface area contributed by atoms with Crippen molar-refractivity contribution in [1.82, 2.24) is 0 Å². The van der Waals surface area contributed by atoms with Crippen molar-refractivity contribution in [3.63, 3.8) is 0 Å². The third-order valence-electron chi connectivity index (χ3n) is 22.1. The van der Waals surface area contributed by atoms with Gasteiger partial charge in [-0.3, -0.25) is 9.11 Å². The molecule has 0 radical (unpaired) electrons. The summed E-state index contributed by atoms with van der Waals surface area (Å²) in [7, 11) is -17.3. The van der Waals surface area contributed by atoms with Crippen molar-refractivity contribution in [1.29, 1.82) is 0 Å². The first kappa shape index (κ1) is 77.2. The van der Waals surface area contributed by atoms with E-state index in [0.29, 0.717) is 58.3 Å². The molecule has 0 aromatic heterocycles. The molecule has 4 aliphatic heterocycles. The highest BCUT2D eigenvalue weighted by Crippen LogP contribution is 2.53. The molecule has 0 aliphatic carbocycles. The first-order chi connectivity index (χ1) is 50.2. The maximum atomic E-state index is 12.1. The molecule has 1 atom stereocenters. The van der Waals surface area contributed by atoms with Crippen LogP contribution < -0.4 is 9.80 Å². The second-order valence-corrected chi connectivity index (χ2v) is 36.9. The molecule has 0 spiro atoms. The van der Waals surface area contributed by atoms with Gasteiger partial charge in [0.15, 0.2) is 11.4 Å². The maximum absolute atomic E-state index is 12.1. The van der Waals surface area contributed by atoms with Crippen molar-refractivity contribution in [2.24, 2.45) is 0 Å². The first-order valence-electron chi connectivity index (χ1n) is 36.7. The van der Waals surface area contributed by atoms with Crippen LogP contribution in [0, 0.1) is 0 Å². The summed E-state index contributed by atoms with van der Waals surface area (Å²) in [6, 6.07) is 50.1. The van der Waals surface area contributed by atoms with Gasteiger partial charge in [0.05, 0.1) is 42.6 Å². The van der Waals surface area contributed by atoms with Crippen LogP contribution in [0.4, 0.5) is 22.7 Å². The van der Waals surface area contributed by atoms with Gasteiger partial charge in [-0.15, -0.1) is 0 Å². The van der Waals surface area contributed by atoms with Gasteiger partial charge in [-0.25, -0.2) is 16.8 Å². The number of benzene rings is 8. The lowest BCUT2D eigenvalue weighted by Crippen LogP contribution is -2.41. The normalized spacial score (nSPS) is 18.5. The molecule has 12 rings (SSSR count). The minimum absolute atomic E-state index is 0.177. The van der Waals surface area contributed by atoms with E-state index < -0.39 is 73.6 Å². The van der Waals surface area contributed by atoms with Gasteiger partial charge in [0.2, 0.25) is 11.4 Å². The van der Waals surface area contributed by atoms with Gasteiger partial charge in [-0.05, 0) is 174 Å². The van der Waals surface area contributed by atoms with Crippen LogP contribution in [0.5, 0.6) is 0 Å². The van der Waals surface area contributed by atoms with E-state index in [0.717, 1.165) is 111 Å². The van der Waals surface area contributed by atoms with Crippen molar-refractivity contribution in [2.45, 2.75) is 141 Å². The Morgan fingerprint density at radius 2 is 0.887 bits per heavy atom. The predicted molar refractivity (Wildman–Crippen MR) is 430 cm³/mol. The van der Waals surface area contributed by atoms with E-state index in [9.17, 15) is 51.9 Å². The zero-order valence-electron chi connectivity index (χ0n) is 61.7. The Labute approximate surface area is 626 Å². The van der Waals surface area contributed by atoms with Gasteiger partial charge < -0.3 is 18.9 Å². The van der Waals surface area contributed by atoms with E-state index in [1.807, 2.05) is 54.6 Å². The Bertz CT molecular complexity index is 5560. The predicted octanol–water partition coefficient (Wildman–Crippen LogP) is 17.1. The summed E-state index contributed by atoms with van der Waals surface area (Å²) in [5.74, 6) is -1.65. The molecule has 556 valence electrons. The van der Waals surface area contributed by atoms with Crippen molar-refractivity contribution < 1.29 is 61.0 Å². The SMILES string of the molecule is CC1(C)C(=C/C=C/C=C(/C=C/C2=[N+](CCCCS(=O)(=O)[O-])c3ccc4ccccc4c3C2(C)C)C(\C=C\C=C\C2=[N+](CCCCS(=O)(=O)O)c3ccc4ccccc4c3C2(C)C)=C\CC2N(CCCCS(=O)(=O)[O-])c3ccc4ccccc4c3C2(C)C)N(CCCCS(=O)(=O)O)c2ccc3ccccc3c21. The fraction of sp³-hybridized carbons (Fsp3) is 0.349. The summed E-state index contributed by atoms with van der Waals surface area (Å²) in [6.45, 7) is 19.7. The molecule has 4 aliphatic rings. The van der Waals surface area contributed by atoms with Crippen LogP contribution >= 0.6 is 0 Å². The largest absolute Gasteiger partial charge is 0.748 e. The number of rotatable bonds is 30. The lowest BCUT2D eigenvalue weighted by molar-refractivity contribution is -0.438. The van der Waals surface area contributed by atoms with E-state index >= 15 is 0 Å². The van der Waals surface area contributed by atoms with Crippen molar-refractivity contribution in [2.75, 3.05) is 59.0 Å². The van der Waals surface area contributed by atoms with Crippen molar-refractivity contribution >= 4 is 118 Å². The molecule has 8 aromatic rings. The average molecular weight is 1510 g/mol. The lowest BCUT2D eigenvalue weighted by atomic mass is 9.77. The standard InChI is InChI=1S/C86H96N4O12S4/c1-83(2)75(87(53-21-25-57-103(91,92)93)71-47-41-63-31-9-15-35-67(63)79(71)83)39-19-13-29-61(45-51-77-85(5,6)81-69-37-17-11-33-65(69)43-49-73(81)89(77)55-23-27-59-105(97,98)99)62(46-52-78-86(7,8)82-70-38-18-12-34-66(70)44-50-74(82)90(78)56-24-28-60-106(100,101)102)30-14-20-40-76-84(3,4)80-68-36-16-10-32-64(68)42-48-72(80)88(76)54-22-26-58-104(94,95)96/h9-20,29-51,78H,21-28,52-60H2,1-8H3,(H2-2,91,92,93,94,95,96,97,98,99,100,101,102)/b30-14+,40-20+,62-46+. The highest BCUT2D eigenvalue weighted by Gasteiger charge is 2.48. The highest BCUT2D eigenvalue weighted by atomic mass is 32.2. The molecule has 0 saturated heterocycles. The first-order valence-corrected chi connectivity index (χ1v) is 43.1. The van der Waals surface area contributed by atoms with E-state index in [1.54, 1.807) is 0 Å². The Hall–Kier alpha value is -8.44. The number of nitrogens with zero attached hydrogens (tertiary/aromatic N) is 4. The minimum Gasteiger partial charge on any atom is -0.748 e. The van der Waals surface area contributed by atoms with Crippen LogP contribution in [0.1, 0.15) is 135 Å². The molecule has 0 amide bonds. The Kier molecular flexibility index (Phi) is 22.3. The van der Waals surface area contributed by atoms with Crippen LogP contribution in [0.3, 0.4) is 0 Å². The molecular formula is C86H96N4O12S4. The smallest absolute Gasteiger partial charge is 0.264 e. The number of unbranched alkanes of at least 4 members (excludes halogenated alkanes) is 4. The van der Waals surface area contributed by atoms with E-state index in [1.165, 1.54) is 5.56 Å². The van der Waals surface area contributed by atoms with E-state index in [4.69, 9.17) is 0 Å². The fourth-order valence-corrected chi connectivity index (χ4v) is 19.4. The zero-order chi connectivity index (χ0) is 75.8. The molecule has 106 heavy (non-hydrogen) atoms. The van der Waals surface area contributed by atoms with Gasteiger partial charge in [0, 0.05) is 107 Å². The average Bonchev–Trinajstić information content (AvgIpc) is 1.59. The van der Waals surface area contributed by atoms with Gasteiger partial charge in [0.25, 0.3) is 20.2 Å². The van der Waals surface area contributed by atoms with E-state index in [-0.39, 0.29) is 43.2 Å². The molecule has 16 nitrogen and oxygen atoms in total. The number of hydrogen-bond acceptors (Lipinski definition) is 12. The Balaban J connectivity index is 1.04. The third kappa shape index (κ3) is 16.5. The molecule has 0 saturated carbocycles. The summed E-state index contributed by atoms with van der Waals surface area (Å²) < 4.78 is 144. The van der Waals surface area contributed by atoms with Gasteiger partial charge in [-0.1, -0.05) is 179 Å². The summed E-state index contributed by atoms with van der Waals surface area (Å²) in [5, 5.41) is 8.80. The molecule has 4 heterocycles. The second-order valence-electron chi connectivity index (χ2n) is 30.7. The Morgan fingerprint density at radius 3 is 1.41 bits per heavy atom. The minimum atomic E-state index is -4.47. The second kappa shape index (κ2) is 30.7. The molecule has 0 fully saturated rings. The van der Waals surface area contributed by atoms with Crippen molar-refractivity contribution in [3.8, 4) is 0 Å². The fourth-order valence-electron chi connectivity index (χ4n) is 17.2. The topological polar surface area (TPSA) is 236 Å². The van der Waals surface area contributed by atoms with Gasteiger partial charge in [-0.2, -0.15) is 26.0 Å². The monoisotopic (exact) mass is 1500 g/mol. The van der Waals surface area contributed by atoms with Crippen LogP contribution in [0.25, 0.3) is 43.1 Å². The lowest BCUT2D eigenvalue weighted by Gasteiger charge is -2.34. The molecular weight excluding hydrogens is 1410 g/mol. The highest BCUT2D eigenvalue weighted by molar-refractivity contribution is 7.86.